The van der Waals surface area contributed by atoms with Crippen molar-refractivity contribution in [2.24, 2.45) is 0 Å². The molecular formula is C11H11BrO3. The minimum atomic E-state index is 0.404. The van der Waals surface area contributed by atoms with Crippen LogP contribution in [0.3, 0.4) is 0 Å². The highest BCUT2D eigenvalue weighted by atomic mass is 79.9. The van der Waals surface area contributed by atoms with Crippen LogP contribution < -0.4 is 9.47 Å². The average molecular weight is 271 g/mol. The first kappa shape index (κ1) is 10.5. The molecule has 2 rings (SSSR count). The summed E-state index contributed by atoms with van der Waals surface area (Å²) in [6, 6.07) is 1.88. The van der Waals surface area contributed by atoms with Gasteiger partial charge in [0.05, 0.1) is 4.47 Å². The van der Waals surface area contributed by atoms with Gasteiger partial charge in [0.2, 0.25) is 0 Å². The van der Waals surface area contributed by atoms with E-state index in [0.717, 1.165) is 33.4 Å². The Bertz CT molecular complexity index is 401. The molecule has 1 aliphatic heterocycles. The van der Waals surface area contributed by atoms with Gasteiger partial charge in [-0.3, -0.25) is 0 Å². The number of hydrogen-bond acceptors (Lipinski definition) is 3. The number of halogens is 1. The minimum Gasteiger partial charge on any atom is -0.486 e. The van der Waals surface area contributed by atoms with Crippen molar-refractivity contribution in [3.63, 3.8) is 0 Å². The maximum atomic E-state index is 10.5. The summed E-state index contributed by atoms with van der Waals surface area (Å²) in [5, 5.41) is 0. The summed E-state index contributed by atoms with van der Waals surface area (Å²) in [7, 11) is 0. The molecule has 0 unspecified atom stereocenters. The second-order valence-corrected chi connectivity index (χ2v) is 4.16. The average Bonchev–Trinajstić information content (AvgIpc) is 2.26. The molecule has 3 nitrogen and oxygen atoms in total. The Hall–Kier alpha value is -1.03. The lowest BCUT2D eigenvalue weighted by atomic mass is 10.1. The number of hydrogen-bond donors (Lipinski definition) is 0. The molecule has 0 atom stereocenters. The van der Waals surface area contributed by atoms with Crippen LogP contribution in [0.2, 0.25) is 0 Å². The third kappa shape index (κ3) is 1.86. The van der Waals surface area contributed by atoms with E-state index >= 15 is 0 Å². The molecule has 1 aromatic rings. The Balaban J connectivity index is 2.52. The van der Waals surface area contributed by atoms with Crippen molar-refractivity contribution < 1.29 is 14.3 Å². The van der Waals surface area contributed by atoms with Gasteiger partial charge in [0, 0.05) is 6.42 Å². The van der Waals surface area contributed by atoms with Crippen molar-refractivity contribution in [2.75, 3.05) is 13.2 Å². The van der Waals surface area contributed by atoms with E-state index in [1.807, 2.05) is 13.0 Å². The quantitative estimate of drug-likeness (QED) is 0.774. The number of benzene rings is 1. The van der Waals surface area contributed by atoms with Crippen LogP contribution in [0.4, 0.5) is 0 Å². The Morgan fingerprint density at radius 2 is 2.20 bits per heavy atom. The first-order chi connectivity index (χ1) is 7.24. The molecule has 0 spiro atoms. The lowest BCUT2D eigenvalue weighted by Crippen LogP contribution is -2.16. The van der Waals surface area contributed by atoms with Crippen LogP contribution in [0.25, 0.3) is 0 Å². The largest absolute Gasteiger partial charge is 0.486 e. The molecular weight excluding hydrogens is 260 g/mol. The summed E-state index contributed by atoms with van der Waals surface area (Å²) in [5.74, 6) is 1.46. The Morgan fingerprint density at radius 3 is 2.93 bits per heavy atom. The second kappa shape index (κ2) is 4.23. The lowest BCUT2D eigenvalue weighted by molar-refractivity contribution is -0.107. The fourth-order valence-corrected chi connectivity index (χ4v) is 2.15. The normalized spacial score (nSPS) is 13.7. The highest BCUT2D eigenvalue weighted by Gasteiger charge is 2.19. The highest BCUT2D eigenvalue weighted by Crippen LogP contribution is 2.41. The van der Waals surface area contributed by atoms with Crippen molar-refractivity contribution >= 4 is 22.2 Å². The number of carbonyl (C=O) groups excluding carboxylic acids is 1. The molecule has 0 aromatic heterocycles. The number of carbonyl (C=O) groups is 1. The summed E-state index contributed by atoms with van der Waals surface area (Å²) >= 11 is 3.47. The predicted molar refractivity (Wildman–Crippen MR) is 59.6 cm³/mol. The van der Waals surface area contributed by atoms with E-state index in [4.69, 9.17) is 9.47 Å². The van der Waals surface area contributed by atoms with Gasteiger partial charge in [0.1, 0.15) is 19.5 Å². The van der Waals surface area contributed by atoms with Crippen LogP contribution in [-0.2, 0) is 11.2 Å². The zero-order valence-corrected chi connectivity index (χ0v) is 9.96. The first-order valence-electron chi connectivity index (χ1n) is 4.75. The predicted octanol–water partition coefficient (Wildman–Crippen LogP) is 2.27. The molecule has 0 aliphatic carbocycles. The standard InChI is InChI=1S/C11H11BrO3/c1-7-8(2-3-13)6-9-11(10(7)12)15-5-4-14-9/h3,6H,2,4-5H2,1H3. The Labute approximate surface area is 96.5 Å². The molecule has 0 amide bonds. The molecule has 80 valence electrons. The van der Waals surface area contributed by atoms with Crippen molar-refractivity contribution in [3.05, 3.63) is 21.7 Å². The van der Waals surface area contributed by atoms with Gasteiger partial charge >= 0.3 is 0 Å². The SMILES string of the molecule is Cc1c(CC=O)cc2c(c1Br)OCCO2. The third-order valence-electron chi connectivity index (χ3n) is 2.43. The zero-order chi connectivity index (χ0) is 10.8. The molecule has 0 bridgehead atoms. The fourth-order valence-electron chi connectivity index (χ4n) is 1.59. The second-order valence-electron chi connectivity index (χ2n) is 3.37. The van der Waals surface area contributed by atoms with E-state index in [2.05, 4.69) is 15.9 Å². The molecule has 0 fully saturated rings. The zero-order valence-electron chi connectivity index (χ0n) is 8.38. The van der Waals surface area contributed by atoms with Crippen LogP contribution in [0.1, 0.15) is 11.1 Å². The number of aldehydes is 1. The van der Waals surface area contributed by atoms with Crippen molar-refractivity contribution in [1.29, 1.82) is 0 Å². The van der Waals surface area contributed by atoms with Crippen LogP contribution >= 0.6 is 15.9 Å². The van der Waals surface area contributed by atoms with Gasteiger partial charge in [-0.1, -0.05) is 0 Å². The van der Waals surface area contributed by atoms with Crippen molar-refractivity contribution in [1.82, 2.24) is 0 Å². The number of ether oxygens (including phenoxy) is 2. The summed E-state index contributed by atoms with van der Waals surface area (Å²) < 4.78 is 11.9. The summed E-state index contributed by atoms with van der Waals surface area (Å²) in [4.78, 5) is 10.5. The summed E-state index contributed by atoms with van der Waals surface area (Å²) in [5.41, 5.74) is 2.01. The van der Waals surface area contributed by atoms with Gasteiger partial charge in [0.25, 0.3) is 0 Å². The number of rotatable bonds is 2. The van der Waals surface area contributed by atoms with Crippen LogP contribution in [0, 0.1) is 6.92 Å². The van der Waals surface area contributed by atoms with E-state index in [-0.39, 0.29) is 0 Å². The molecule has 15 heavy (non-hydrogen) atoms. The van der Waals surface area contributed by atoms with Gasteiger partial charge < -0.3 is 14.3 Å². The maximum absolute atomic E-state index is 10.5. The molecule has 1 heterocycles. The van der Waals surface area contributed by atoms with E-state index < -0.39 is 0 Å². The molecule has 0 saturated carbocycles. The molecule has 0 N–H and O–H groups in total. The van der Waals surface area contributed by atoms with E-state index in [9.17, 15) is 4.79 Å². The van der Waals surface area contributed by atoms with E-state index in [1.165, 1.54) is 0 Å². The Kier molecular flexibility index (Phi) is 2.95. The van der Waals surface area contributed by atoms with Crippen molar-refractivity contribution in [3.8, 4) is 11.5 Å². The topological polar surface area (TPSA) is 35.5 Å². The first-order valence-corrected chi connectivity index (χ1v) is 5.54. The van der Waals surface area contributed by atoms with Gasteiger partial charge in [-0.25, -0.2) is 0 Å². The van der Waals surface area contributed by atoms with Gasteiger partial charge in [-0.15, -0.1) is 0 Å². The molecule has 0 saturated heterocycles. The monoisotopic (exact) mass is 270 g/mol. The van der Waals surface area contributed by atoms with Crippen LogP contribution in [0.15, 0.2) is 10.5 Å². The van der Waals surface area contributed by atoms with Crippen molar-refractivity contribution in [2.45, 2.75) is 13.3 Å². The molecule has 0 radical (unpaired) electrons. The van der Waals surface area contributed by atoms with Gasteiger partial charge in [-0.05, 0) is 40.0 Å². The van der Waals surface area contributed by atoms with E-state index in [1.54, 1.807) is 0 Å². The Morgan fingerprint density at radius 1 is 1.47 bits per heavy atom. The van der Waals surface area contributed by atoms with Crippen LogP contribution in [-0.4, -0.2) is 19.5 Å². The summed E-state index contributed by atoms with van der Waals surface area (Å²) in [6.07, 6.45) is 1.30. The molecule has 4 heteroatoms. The lowest BCUT2D eigenvalue weighted by Gasteiger charge is -2.21. The molecule has 1 aliphatic rings. The minimum absolute atomic E-state index is 0.404. The summed E-state index contributed by atoms with van der Waals surface area (Å²) in [6.45, 7) is 3.09. The highest BCUT2D eigenvalue weighted by molar-refractivity contribution is 9.10. The smallest absolute Gasteiger partial charge is 0.175 e. The van der Waals surface area contributed by atoms with Crippen LogP contribution in [0.5, 0.6) is 11.5 Å². The fraction of sp³-hybridized carbons (Fsp3) is 0.364. The van der Waals surface area contributed by atoms with Gasteiger partial charge in [-0.2, -0.15) is 0 Å². The molecule has 1 aromatic carbocycles. The maximum Gasteiger partial charge on any atom is 0.175 e. The van der Waals surface area contributed by atoms with Gasteiger partial charge in [0.15, 0.2) is 11.5 Å². The number of fused-ring (bicyclic) bond motifs is 1. The van der Waals surface area contributed by atoms with E-state index in [0.29, 0.717) is 19.6 Å². The third-order valence-corrected chi connectivity index (χ3v) is 3.38.